The van der Waals surface area contributed by atoms with Gasteiger partial charge in [0.15, 0.2) is 0 Å². The Balaban J connectivity index is 2.18. The molecule has 1 heterocycles. The van der Waals surface area contributed by atoms with E-state index in [1.54, 1.807) is 0 Å². The Bertz CT molecular complexity index is 425. The lowest BCUT2D eigenvalue weighted by Crippen LogP contribution is -2.19. The number of rotatable bonds is 3. The second kappa shape index (κ2) is 5.13. The van der Waals surface area contributed by atoms with Crippen LogP contribution in [0.1, 0.15) is 25.8 Å². The van der Waals surface area contributed by atoms with Crippen LogP contribution in [0.15, 0.2) is 35.3 Å². The molecule has 90 valence electrons. The molecular formula is C14H17NO2. The van der Waals surface area contributed by atoms with Gasteiger partial charge in [-0.05, 0) is 18.9 Å². The molecule has 1 aliphatic heterocycles. The van der Waals surface area contributed by atoms with E-state index < -0.39 is 0 Å². The van der Waals surface area contributed by atoms with Crippen LogP contribution in [-0.4, -0.2) is 24.3 Å². The molecule has 0 radical (unpaired) electrons. The Hall–Kier alpha value is -1.64. The number of carbonyl (C=O) groups is 1. The Morgan fingerprint density at radius 1 is 1.41 bits per heavy atom. The van der Waals surface area contributed by atoms with E-state index in [2.05, 4.69) is 11.9 Å². The van der Waals surface area contributed by atoms with E-state index in [0.717, 1.165) is 17.7 Å². The Kier molecular flexibility index (Phi) is 3.57. The number of hydrogen-bond donors (Lipinski definition) is 0. The summed E-state index contributed by atoms with van der Waals surface area (Å²) in [7, 11) is 0. The molecule has 2 rings (SSSR count). The molecule has 2 atom stereocenters. The van der Waals surface area contributed by atoms with E-state index in [4.69, 9.17) is 4.74 Å². The fourth-order valence-electron chi connectivity index (χ4n) is 2.15. The second-order valence-corrected chi connectivity index (χ2v) is 4.28. The van der Waals surface area contributed by atoms with E-state index in [-0.39, 0.29) is 12.0 Å². The number of nitrogens with zero attached hydrogens (tertiary/aromatic N) is 1. The van der Waals surface area contributed by atoms with Crippen molar-refractivity contribution in [3.05, 3.63) is 35.9 Å². The molecular weight excluding hydrogens is 214 g/mol. The summed E-state index contributed by atoms with van der Waals surface area (Å²) in [6.07, 6.45) is 0.753. The maximum atomic E-state index is 11.6. The van der Waals surface area contributed by atoms with Crippen LogP contribution in [0.2, 0.25) is 0 Å². The summed E-state index contributed by atoms with van der Waals surface area (Å²) < 4.78 is 5.01. The Morgan fingerprint density at radius 2 is 2.12 bits per heavy atom. The number of hydrogen-bond acceptors (Lipinski definition) is 3. The van der Waals surface area contributed by atoms with Crippen LogP contribution >= 0.6 is 0 Å². The molecule has 1 aromatic rings. The van der Waals surface area contributed by atoms with Crippen LogP contribution in [0, 0.1) is 5.92 Å². The van der Waals surface area contributed by atoms with Gasteiger partial charge in [0.05, 0.1) is 6.61 Å². The van der Waals surface area contributed by atoms with E-state index in [1.807, 2.05) is 37.3 Å². The van der Waals surface area contributed by atoms with Crippen LogP contribution in [0.25, 0.3) is 0 Å². The van der Waals surface area contributed by atoms with E-state index in [1.165, 1.54) is 0 Å². The minimum absolute atomic E-state index is 0.203. The quantitative estimate of drug-likeness (QED) is 0.749. The molecule has 0 N–H and O–H groups in total. The highest BCUT2D eigenvalue weighted by Crippen LogP contribution is 2.25. The zero-order chi connectivity index (χ0) is 12.3. The van der Waals surface area contributed by atoms with E-state index in [9.17, 15) is 4.79 Å². The summed E-state index contributed by atoms with van der Waals surface area (Å²) in [5, 5.41) is 0. The zero-order valence-electron chi connectivity index (χ0n) is 10.2. The molecule has 17 heavy (non-hydrogen) atoms. The average Bonchev–Trinajstić information content (AvgIpc) is 2.73. The Labute approximate surface area is 102 Å². The molecule has 0 saturated heterocycles. The van der Waals surface area contributed by atoms with Crippen molar-refractivity contribution in [2.45, 2.75) is 26.3 Å². The number of esters is 1. The minimum atomic E-state index is -0.319. The van der Waals surface area contributed by atoms with Gasteiger partial charge in [0.1, 0.15) is 6.04 Å². The predicted molar refractivity (Wildman–Crippen MR) is 67.2 cm³/mol. The van der Waals surface area contributed by atoms with Gasteiger partial charge in [0.25, 0.3) is 0 Å². The van der Waals surface area contributed by atoms with Gasteiger partial charge in [0, 0.05) is 11.6 Å². The standard InChI is InChI=1S/C14H17NO2/c1-3-17-14(16)12-9-10(2)13(15-12)11-7-5-4-6-8-11/h4-8,10,12H,3,9H2,1-2H3/t10-,12-/m1/s1. The first-order chi connectivity index (χ1) is 8.22. The Morgan fingerprint density at radius 3 is 2.76 bits per heavy atom. The van der Waals surface area contributed by atoms with E-state index >= 15 is 0 Å². The van der Waals surface area contributed by atoms with Crippen LogP contribution in [-0.2, 0) is 9.53 Å². The van der Waals surface area contributed by atoms with Gasteiger partial charge >= 0.3 is 5.97 Å². The van der Waals surface area contributed by atoms with Crippen LogP contribution < -0.4 is 0 Å². The lowest BCUT2D eigenvalue weighted by molar-refractivity contribution is -0.144. The van der Waals surface area contributed by atoms with Crippen molar-refractivity contribution in [1.29, 1.82) is 0 Å². The van der Waals surface area contributed by atoms with Gasteiger partial charge in [-0.1, -0.05) is 37.3 Å². The predicted octanol–water partition coefficient (Wildman–Crippen LogP) is 2.45. The molecule has 3 nitrogen and oxygen atoms in total. The van der Waals surface area contributed by atoms with Gasteiger partial charge in [-0.25, -0.2) is 4.79 Å². The molecule has 0 fully saturated rings. The number of aliphatic imine (C=N–C) groups is 1. The molecule has 1 aliphatic rings. The maximum Gasteiger partial charge on any atom is 0.330 e. The fourth-order valence-corrected chi connectivity index (χ4v) is 2.15. The number of ether oxygens (including phenoxy) is 1. The lowest BCUT2D eigenvalue weighted by Gasteiger charge is -2.06. The third-order valence-corrected chi connectivity index (χ3v) is 2.97. The molecule has 0 saturated carbocycles. The van der Waals surface area contributed by atoms with Gasteiger partial charge in [0.2, 0.25) is 0 Å². The monoisotopic (exact) mass is 231 g/mol. The van der Waals surface area contributed by atoms with Crippen LogP contribution in [0.5, 0.6) is 0 Å². The summed E-state index contributed by atoms with van der Waals surface area (Å²) in [5.74, 6) is 0.108. The first kappa shape index (κ1) is 11.8. The summed E-state index contributed by atoms with van der Waals surface area (Å²) in [6, 6.07) is 9.70. The van der Waals surface area contributed by atoms with Crippen molar-refractivity contribution in [3.8, 4) is 0 Å². The third-order valence-electron chi connectivity index (χ3n) is 2.97. The highest BCUT2D eigenvalue weighted by atomic mass is 16.5. The molecule has 0 aliphatic carbocycles. The summed E-state index contributed by atoms with van der Waals surface area (Å²) in [4.78, 5) is 16.1. The molecule has 3 heteroatoms. The molecule has 0 bridgehead atoms. The first-order valence-corrected chi connectivity index (χ1v) is 6.02. The van der Waals surface area contributed by atoms with Crippen molar-refractivity contribution in [3.63, 3.8) is 0 Å². The van der Waals surface area contributed by atoms with Crippen molar-refractivity contribution < 1.29 is 9.53 Å². The van der Waals surface area contributed by atoms with Crippen molar-refractivity contribution in [1.82, 2.24) is 0 Å². The van der Waals surface area contributed by atoms with Gasteiger partial charge in [-0.2, -0.15) is 0 Å². The van der Waals surface area contributed by atoms with Crippen LogP contribution in [0.3, 0.4) is 0 Å². The lowest BCUT2D eigenvalue weighted by atomic mass is 9.97. The normalized spacial score (nSPS) is 23.3. The minimum Gasteiger partial charge on any atom is -0.464 e. The summed E-state index contributed by atoms with van der Waals surface area (Å²) in [6.45, 7) is 4.34. The molecule has 0 amide bonds. The maximum absolute atomic E-state index is 11.6. The van der Waals surface area contributed by atoms with Crippen LogP contribution in [0.4, 0.5) is 0 Å². The number of benzene rings is 1. The largest absolute Gasteiger partial charge is 0.464 e. The van der Waals surface area contributed by atoms with Gasteiger partial charge < -0.3 is 4.74 Å². The number of carbonyl (C=O) groups excluding carboxylic acids is 1. The van der Waals surface area contributed by atoms with Crippen molar-refractivity contribution >= 4 is 11.7 Å². The molecule has 0 unspecified atom stereocenters. The third kappa shape index (κ3) is 2.54. The molecule has 0 aromatic heterocycles. The van der Waals surface area contributed by atoms with E-state index in [0.29, 0.717) is 12.5 Å². The summed E-state index contributed by atoms with van der Waals surface area (Å²) >= 11 is 0. The fraction of sp³-hybridized carbons (Fsp3) is 0.429. The molecule has 0 spiro atoms. The smallest absolute Gasteiger partial charge is 0.330 e. The van der Waals surface area contributed by atoms with Gasteiger partial charge in [-0.3, -0.25) is 4.99 Å². The second-order valence-electron chi connectivity index (χ2n) is 4.28. The average molecular weight is 231 g/mol. The SMILES string of the molecule is CCOC(=O)[C@H]1C[C@@H](C)C(c2ccccc2)=N1. The summed E-state index contributed by atoms with van der Waals surface area (Å²) in [5.41, 5.74) is 2.12. The zero-order valence-corrected chi connectivity index (χ0v) is 10.2. The topological polar surface area (TPSA) is 38.7 Å². The first-order valence-electron chi connectivity index (χ1n) is 6.02. The van der Waals surface area contributed by atoms with Crippen molar-refractivity contribution in [2.24, 2.45) is 10.9 Å². The van der Waals surface area contributed by atoms with Gasteiger partial charge in [-0.15, -0.1) is 0 Å². The highest BCUT2D eigenvalue weighted by Gasteiger charge is 2.31. The highest BCUT2D eigenvalue weighted by molar-refractivity contribution is 6.05. The van der Waals surface area contributed by atoms with Crippen molar-refractivity contribution in [2.75, 3.05) is 6.61 Å². The molecule has 1 aromatic carbocycles.